The van der Waals surface area contributed by atoms with Crippen molar-refractivity contribution in [2.75, 3.05) is 39.0 Å². The van der Waals surface area contributed by atoms with E-state index in [2.05, 4.69) is 42.7 Å². The van der Waals surface area contributed by atoms with E-state index in [1.807, 2.05) is 17.0 Å². The first-order valence-corrected chi connectivity index (χ1v) is 15.0. The van der Waals surface area contributed by atoms with E-state index in [-0.39, 0.29) is 24.4 Å². The smallest absolute Gasteiger partial charge is 0.251 e. The van der Waals surface area contributed by atoms with E-state index >= 15 is 0 Å². The molecule has 3 heterocycles. The summed E-state index contributed by atoms with van der Waals surface area (Å²) in [5.41, 5.74) is 1.42. The molecule has 38 heavy (non-hydrogen) atoms. The molecule has 0 radical (unpaired) electrons. The third-order valence-corrected chi connectivity index (χ3v) is 8.08. The fraction of sp³-hybridized carbons (Fsp3) is 0.577. The number of likely N-dealkylation sites (tertiary alicyclic amines) is 1. The van der Waals surface area contributed by atoms with E-state index in [1.165, 1.54) is 17.5 Å². The van der Waals surface area contributed by atoms with Crippen LogP contribution in [-0.2, 0) is 32.6 Å². The molecule has 1 saturated heterocycles. The van der Waals surface area contributed by atoms with Gasteiger partial charge in [0.05, 0.1) is 18.6 Å². The number of nitrogens with one attached hydrogen (secondary N) is 4. The molecule has 1 fully saturated rings. The van der Waals surface area contributed by atoms with Crippen LogP contribution in [0.4, 0.5) is 0 Å². The Morgan fingerprint density at radius 2 is 1.89 bits per heavy atom. The molecular weight excluding hydrogens is 506 g/mol. The number of benzene rings is 1. The molecule has 4 rings (SSSR count). The van der Waals surface area contributed by atoms with Gasteiger partial charge in [-0.15, -0.1) is 0 Å². The van der Waals surface area contributed by atoms with Crippen molar-refractivity contribution < 1.29 is 18.0 Å². The minimum atomic E-state index is -3.47. The molecule has 0 bridgehead atoms. The van der Waals surface area contributed by atoms with Crippen LogP contribution in [0.3, 0.4) is 0 Å². The molecule has 0 saturated carbocycles. The van der Waals surface area contributed by atoms with Crippen LogP contribution in [0.15, 0.2) is 41.2 Å². The minimum Gasteiger partial charge on any atom is -0.369 e. The highest BCUT2D eigenvalue weighted by atomic mass is 32.2. The molecule has 0 aliphatic carbocycles. The molecule has 0 spiro atoms. The zero-order valence-electron chi connectivity index (χ0n) is 22.4. The van der Waals surface area contributed by atoms with Gasteiger partial charge < -0.3 is 20.9 Å². The Morgan fingerprint density at radius 3 is 2.58 bits per heavy atom. The van der Waals surface area contributed by atoms with Gasteiger partial charge in [-0.2, -0.15) is 0 Å². The monoisotopic (exact) mass is 545 g/mol. The van der Waals surface area contributed by atoms with Gasteiger partial charge in [0.15, 0.2) is 5.54 Å². The van der Waals surface area contributed by atoms with Crippen LogP contribution >= 0.6 is 0 Å². The first-order chi connectivity index (χ1) is 18.0. The number of hydrogen-bond donors (Lipinski definition) is 4. The molecule has 0 aromatic heterocycles. The first-order valence-electron chi connectivity index (χ1n) is 13.1. The molecule has 4 N–H and O–H groups in total. The van der Waals surface area contributed by atoms with Crippen molar-refractivity contribution in [3.63, 3.8) is 0 Å². The van der Waals surface area contributed by atoms with Gasteiger partial charge in [-0.1, -0.05) is 24.3 Å². The summed E-state index contributed by atoms with van der Waals surface area (Å²) in [4.78, 5) is 33.2. The summed E-state index contributed by atoms with van der Waals surface area (Å²) in [5.74, 6) is 0.463. The van der Waals surface area contributed by atoms with Gasteiger partial charge in [-0.05, 0) is 43.4 Å². The molecule has 3 aliphatic heterocycles. The van der Waals surface area contributed by atoms with Gasteiger partial charge >= 0.3 is 0 Å². The highest BCUT2D eigenvalue weighted by Crippen LogP contribution is 2.20. The number of aliphatic imine (C=N–C) groups is 1. The summed E-state index contributed by atoms with van der Waals surface area (Å²) >= 11 is 0. The Balaban J connectivity index is 1.35. The molecule has 2 atom stereocenters. The Kier molecular flexibility index (Phi) is 8.74. The maximum atomic E-state index is 13.2. The lowest BCUT2D eigenvalue weighted by Crippen LogP contribution is -2.54. The van der Waals surface area contributed by atoms with E-state index in [9.17, 15) is 18.0 Å². The summed E-state index contributed by atoms with van der Waals surface area (Å²) in [5, 5.41) is 9.41. The van der Waals surface area contributed by atoms with Gasteiger partial charge in [0.2, 0.25) is 15.9 Å². The number of rotatable bonds is 9. The number of hydrogen-bond acceptors (Lipinski definition) is 8. The minimum absolute atomic E-state index is 0.0867. The standard InChI is InChI=1S/C26H39N7O4S/c1-19(34)33-12-9-22(10-13-33)30-24-14-26(2,29-18-28-24)25(35)27-15-23(31-38(3,36)37)17-32-11-8-20-6-4-5-7-21(20)16-32/h4-7,14,18,22-23,30-31H,8-13,15-17H2,1-3H3,(H,27,35)(H,28,29). The second kappa shape index (κ2) is 11.8. The van der Waals surface area contributed by atoms with Crippen molar-refractivity contribution in [2.45, 2.75) is 57.3 Å². The molecular formula is C26H39N7O4S. The summed E-state index contributed by atoms with van der Waals surface area (Å²) in [6, 6.07) is 7.98. The van der Waals surface area contributed by atoms with Gasteiger partial charge in [0.1, 0.15) is 5.82 Å². The van der Waals surface area contributed by atoms with Crippen LogP contribution in [-0.4, -0.2) is 93.0 Å². The molecule has 1 aromatic carbocycles. The maximum absolute atomic E-state index is 13.2. The van der Waals surface area contributed by atoms with Crippen LogP contribution in [0, 0.1) is 0 Å². The van der Waals surface area contributed by atoms with Crippen molar-refractivity contribution in [3.05, 3.63) is 47.3 Å². The van der Waals surface area contributed by atoms with Crippen LogP contribution in [0.5, 0.6) is 0 Å². The Hall–Kier alpha value is -2.96. The Labute approximate surface area is 225 Å². The van der Waals surface area contributed by atoms with E-state index in [1.54, 1.807) is 19.9 Å². The zero-order valence-corrected chi connectivity index (χ0v) is 23.2. The number of amides is 2. The van der Waals surface area contributed by atoms with Crippen LogP contribution in [0.2, 0.25) is 0 Å². The molecule has 11 nitrogen and oxygen atoms in total. The zero-order chi connectivity index (χ0) is 27.3. The van der Waals surface area contributed by atoms with Crippen LogP contribution < -0.4 is 20.7 Å². The van der Waals surface area contributed by atoms with Gasteiger partial charge in [0, 0.05) is 52.2 Å². The summed E-state index contributed by atoms with van der Waals surface area (Å²) < 4.78 is 26.8. The number of carbonyl (C=O) groups is 2. The topological polar surface area (TPSA) is 135 Å². The quantitative estimate of drug-likeness (QED) is 0.341. The largest absolute Gasteiger partial charge is 0.369 e. The van der Waals surface area contributed by atoms with Crippen molar-refractivity contribution >= 4 is 28.2 Å². The average Bonchev–Trinajstić information content (AvgIpc) is 2.86. The van der Waals surface area contributed by atoms with Crippen molar-refractivity contribution in [2.24, 2.45) is 4.99 Å². The fourth-order valence-corrected chi connectivity index (χ4v) is 5.99. The van der Waals surface area contributed by atoms with Gasteiger partial charge in [0.25, 0.3) is 5.91 Å². The summed E-state index contributed by atoms with van der Waals surface area (Å²) in [7, 11) is -3.47. The number of carbonyl (C=O) groups excluding carboxylic acids is 2. The highest BCUT2D eigenvalue weighted by Gasteiger charge is 2.34. The van der Waals surface area contributed by atoms with E-state index < -0.39 is 21.6 Å². The lowest BCUT2D eigenvalue weighted by Gasteiger charge is -2.34. The van der Waals surface area contributed by atoms with E-state index in [0.29, 0.717) is 25.5 Å². The third kappa shape index (κ3) is 7.55. The van der Waals surface area contributed by atoms with Crippen molar-refractivity contribution in [3.8, 4) is 0 Å². The molecule has 3 aliphatic rings. The van der Waals surface area contributed by atoms with E-state index in [4.69, 9.17) is 0 Å². The molecule has 208 valence electrons. The normalized spacial score (nSPS) is 23.1. The third-order valence-electron chi connectivity index (χ3n) is 7.32. The predicted octanol–water partition coefficient (Wildman–Crippen LogP) is -0.0892. The summed E-state index contributed by atoms with van der Waals surface area (Å²) in [6.07, 6.45) is 6.93. The molecule has 1 aromatic rings. The number of piperidine rings is 1. The predicted molar refractivity (Wildman–Crippen MR) is 147 cm³/mol. The van der Waals surface area contributed by atoms with Gasteiger partial charge in [-0.3, -0.25) is 19.5 Å². The number of fused-ring (bicyclic) bond motifs is 1. The van der Waals surface area contributed by atoms with Gasteiger partial charge in [-0.25, -0.2) is 13.1 Å². The van der Waals surface area contributed by atoms with Crippen molar-refractivity contribution in [1.82, 2.24) is 30.5 Å². The molecule has 2 unspecified atom stereocenters. The fourth-order valence-electron chi connectivity index (χ4n) is 5.22. The Bertz CT molecular complexity index is 1190. The first kappa shape index (κ1) is 28.1. The SMILES string of the molecule is CC(=O)N1CCC(NC2=CC(C)(C(=O)NCC(CN3CCc4ccccc4C3)NS(C)(=O)=O)N=CN2)CC1. The molecule has 12 heteroatoms. The summed E-state index contributed by atoms with van der Waals surface area (Å²) in [6.45, 7) is 6.88. The lowest BCUT2D eigenvalue weighted by atomic mass is 9.99. The average molecular weight is 546 g/mol. The highest BCUT2D eigenvalue weighted by molar-refractivity contribution is 7.88. The Morgan fingerprint density at radius 1 is 1.18 bits per heavy atom. The maximum Gasteiger partial charge on any atom is 0.251 e. The number of nitrogens with zero attached hydrogens (tertiary/aromatic N) is 3. The second-order valence-electron chi connectivity index (χ2n) is 10.6. The van der Waals surface area contributed by atoms with Crippen LogP contribution in [0.1, 0.15) is 37.8 Å². The number of sulfonamides is 1. The molecule has 2 amide bonds. The second-order valence-corrected chi connectivity index (χ2v) is 12.4. The van der Waals surface area contributed by atoms with E-state index in [0.717, 1.165) is 38.6 Å². The lowest BCUT2D eigenvalue weighted by molar-refractivity contribution is -0.130. The van der Waals surface area contributed by atoms with Crippen LogP contribution in [0.25, 0.3) is 0 Å². The van der Waals surface area contributed by atoms with Crippen molar-refractivity contribution in [1.29, 1.82) is 0 Å².